The first-order chi connectivity index (χ1) is 15.2. The maximum atomic E-state index is 12.9. The molecule has 0 bridgehead atoms. The second kappa shape index (κ2) is 9.04. The van der Waals surface area contributed by atoms with Crippen LogP contribution in [0, 0.1) is 0 Å². The number of fused-ring (bicyclic) bond motifs is 1. The smallest absolute Gasteiger partial charge is 0.272 e. The zero-order chi connectivity index (χ0) is 21.6. The van der Waals surface area contributed by atoms with Gasteiger partial charge in [-0.15, -0.1) is 0 Å². The fraction of sp³-hybridized carbons (Fsp3) is 0.0833. The van der Waals surface area contributed by atoms with Gasteiger partial charge in [0.05, 0.1) is 37.2 Å². The first-order valence-corrected chi connectivity index (χ1v) is 9.55. The molecular weight excluding hydrogens is 392 g/mol. The predicted molar refractivity (Wildman–Crippen MR) is 120 cm³/mol. The number of carbonyl (C=O) groups is 1. The largest absolute Gasteiger partial charge is 0.493 e. The minimum atomic E-state index is -0.328. The van der Waals surface area contributed by atoms with Crippen molar-refractivity contribution < 1.29 is 14.3 Å². The summed E-state index contributed by atoms with van der Waals surface area (Å²) in [5.41, 5.74) is 6.15. The molecule has 0 fully saturated rings. The van der Waals surface area contributed by atoms with Gasteiger partial charge in [-0.3, -0.25) is 9.78 Å². The Morgan fingerprint density at radius 1 is 0.968 bits per heavy atom. The normalized spacial score (nSPS) is 10.9. The molecule has 1 N–H and O–H groups in total. The number of hydrogen-bond donors (Lipinski definition) is 1. The van der Waals surface area contributed by atoms with Gasteiger partial charge >= 0.3 is 0 Å². The van der Waals surface area contributed by atoms with Crippen LogP contribution in [0.15, 0.2) is 78.2 Å². The topological polar surface area (TPSA) is 85.7 Å². The van der Waals surface area contributed by atoms with Crippen molar-refractivity contribution in [3.63, 3.8) is 0 Å². The number of para-hydroxylation sites is 1. The summed E-state index contributed by atoms with van der Waals surface area (Å²) in [6, 6.07) is 18.4. The standard InChI is InChI=1S/C24H20N4O3/c1-30-22-8-7-16(13-23(22)31-2)15-26-28-24(29)19-14-21(17-9-11-25-12-10-17)27-20-6-4-3-5-18(19)20/h3-15H,1-2H3,(H,28,29)/b26-15-. The molecule has 0 spiro atoms. The van der Waals surface area contributed by atoms with E-state index in [0.717, 1.165) is 22.0 Å². The summed E-state index contributed by atoms with van der Waals surface area (Å²) >= 11 is 0. The van der Waals surface area contributed by atoms with Gasteiger partial charge in [-0.1, -0.05) is 18.2 Å². The third kappa shape index (κ3) is 4.35. The summed E-state index contributed by atoms with van der Waals surface area (Å²) in [6.07, 6.45) is 4.94. The number of rotatable bonds is 6. The third-order valence-electron chi connectivity index (χ3n) is 4.72. The summed E-state index contributed by atoms with van der Waals surface area (Å²) in [5.74, 6) is 0.876. The van der Waals surface area contributed by atoms with Crippen molar-refractivity contribution >= 4 is 23.0 Å². The SMILES string of the molecule is COc1ccc(/C=N\NC(=O)c2cc(-c3ccncc3)nc3ccccc23)cc1OC. The van der Waals surface area contributed by atoms with E-state index in [-0.39, 0.29) is 5.91 Å². The van der Waals surface area contributed by atoms with Crippen LogP contribution in [0.25, 0.3) is 22.2 Å². The van der Waals surface area contributed by atoms with E-state index in [4.69, 9.17) is 9.47 Å². The fourth-order valence-electron chi connectivity index (χ4n) is 3.19. The van der Waals surface area contributed by atoms with Crippen molar-refractivity contribution in [2.24, 2.45) is 5.10 Å². The monoisotopic (exact) mass is 412 g/mol. The van der Waals surface area contributed by atoms with E-state index in [1.807, 2.05) is 42.5 Å². The average molecular weight is 412 g/mol. The Labute approximate surface area is 179 Å². The summed E-state index contributed by atoms with van der Waals surface area (Å²) in [4.78, 5) is 21.7. The molecule has 0 aliphatic heterocycles. The molecule has 0 aliphatic carbocycles. The van der Waals surface area contributed by atoms with Crippen LogP contribution in [0.4, 0.5) is 0 Å². The molecule has 2 aromatic heterocycles. The number of nitrogens with one attached hydrogen (secondary N) is 1. The minimum Gasteiger partial charge on any atom is -0.493 e. The van der Waals surface area contributed by atoms with Gasteiger partial charge in [0.15, 0.2) is 11.5 Å². The Morgan fingerprint density at radius 2 is 1.74 bits per heavy atom. The molecule has 7 nitrogen and oxygen atoms in total. The van der Waals surface area contributed by atoms with Crippen LogP contribution < -0.4 is 14.9 Å². The Balaban J connectivity index is 1.62. The lowest BCUT2D eigenvalue weighted by Gasteiger charge is -2.09. The van der Waals surface area contributed by atoms with Crippen LogP contribution in [-0.2, 0) is 0 Å². The van der Waals surface area contributed by atoms with E-state index in [0.29, 0.717) is 22.8 Å². The molecule has 2 aromatic carbocycles. The number of amides is 1. The molecule has 1 amide bonds. The number of pyridine rings is 2. The van der Waals surface area contributed by atoms with E-state index in [2.05, 4.69) is 20.5 Å². The number of carbonyl (C=O) groups excluding carboxylic acids is 1. The maximum Gasteiger partial charge on any atom is 0.272 e. The van der Waals surface area contributed by atoms with Crippen molar-refractivity contribution in [1.82, 2.24) is 15.4 Å². The third-order valence-corrected chi connectivity index (χ3v) is 4.72. The van der Waals surface area contributed by atoms with E-state index < -0.39 is 0 Å². The first-order valence-electron chi connectivity index (χ1n) is 9.55. The summed E-state index contributed by atoms with van der Waals surface area (Å²) in [6.45, 7) is 0. The van der Waals surface area contributed by atoms with Gasteiger partial charge < -0.3 is 9.47 Å². The molecule has 7 heteroatoms. The lowest BCUT2D eigenvalue weighted by molar-refractivity contribution is 0.0956. The quantitative estimate of drug-likeness (QED) is 0.381. The van der Waals surface area contributed by atoms with Crippen LogP contribution in [-0.4, -0.2) is 36.3 Å². The van der Waals surface area contributed by atoms with E-state index in [9.17, 15) is 4.79 Å². The molecule has 154 valence electrons. The molecule has 0 aliphatic rings. The number of ether oxygens (including phenoxy) is 2. The highest BCUT2D eigenvalue weighted by molar-refractivity contribution is 6.07. The van der Waals surface area contributed by atoms with Crippen LogP contribution >= 0.6 is 0 Å². The molecule has 2 heterocycles. The maximum absolute atomic E-state index is 12.9. The summed E-state index contributed by atoms with van der Waals surface area (Å²) in [7, 11) is 3.14. The Hall–Kier alpha value is -4.26. The molecule has 4 aromatic rings. The predicted octanol–water partition coefficient (Wildman–Crippen LogP) is 4.08. The van der Waals surface area contributed by atoms with E-state index in [1.54, 1.807) is 51.0 Å². The number of hydrogen-bond acceptors (Lipinski definition) is 6. The lowest BCUT2D eigenvalue weighted by atomic mass is 10.0. The van der Waals surface area contributed by atoms with Crippen molar-refractivity contribution in [3.05, 3.63) is 84.2 Å². The molecule has 0 atom stereocenters. The number of methoxy groups -OCH3 is 2. The summed E-state index contributed by atoms with van der Waals surface area (Å²) in [5, 5.41) is 4.86. The molecule has 0 unspecified atom stereocenters. The highest BCUT2D eigenvalue weighted by Gasteiger charge is 2.13. The van der Waals surface area contributed by atoms with Crippen molar-refractivity contribution in [2.45, 2.75) is 0 Å². The number of hydrazone groups is 1. The lowest BCUT2D eigenvalue weighted by Crippen LogP contribution is -2.18. The number of nitrogens with zero attached hydrogens (tertiary/aromatic N) is 3. The highest BCUT2D eigenvalue weighted by Crippen LogP contribution is 2.27. The summed E-state index contributed by atoms with van der Waals surface area (Å²) < 4.78 is 10.5. The Bertz CT molecular complexity index is 1260. The van der Waals surface area contributed by atoms with Gasteiger partial charge in [-0.05, 0) is 48.0 Å². The van der Waals surface area contributed by atoms with Gasteiger partial charge in [0.25, 0.3) is 5.91 Å². The minimum absolute atomic E-state index is 0.328. The Kier molecular flexibility index (Phi) is 5.84. The van der Waals surface area contributed by atoms with Crippen LogP contribution in [0.2, 0.25) is 0 Å². The van der Waals surface area contributed by atoms with Crippen LogP contribution in [0.3, 0.4) is 0 Å². The average Bonchev–Trinajstić information content (AvgIpc) is 2.83. The first kappa shape index (κ1) is 20.0. The van der Waals surface area contributed by atoms with E-state index >= 15 is 0 Å². The zero-order valence-corrected chi connectivity index (χ0v) is 17.1. The second-order valence-electron chi connectivity index (χ2n) is 6.62. The van der Waals surface area contributed by atoms with Gasteiger partial charge in [-0.2, -0.15) is 5.10 Å². The molecule has 4 rings (SSSR count). The van der Waals surface area contributed by atoms with Crippen LogP contribution in [0.1, 0.15) is 15.9 Å². The Morgan fingerprint density at radius 3 is 2.52 bits per heavy atom. The van der Waals surface area contributed by atoms with Gasteiger partial charge in [0.1, 0.15) is 0 Å². The van der Waals surface area contributed by atoms with Crippen LogP contribution in [0.5, 0.6) is 11.5 Å². The molecular formula is C24H20N4O3. The van der Waals surface area contributed by atoms with E-state index in [1.165, 1.54) is 0 Å². The van der Waals surface area contributed by atoms with Gasteiger partial charge in [-0.25, -0.2) is 10.4 Å². The molecule has 0 radical (unpaired) electrons. The number of aromatic nitrogens is 2. The molecule has 0 saturated heterocycles. The van der Waals surface area contributed by atoms with Gasteiger partial charge in [0, 0.05) is 23.3 Å². The molecule has 0 saturated carbocycles. The zero-order valence-electron chi connectivity index (χ0n) is 17.1. The van der Waals surface area contributed by atoms with Crippen molar-refractivity contribution in [2.75, 3.05) is 14.2 Å². The second-order valence-corrected chi connectivity index (χ2v) is 6.62. The van der Waals surface area contributed by atoms with Crippen molar-refractivity contribution in [3.8, 4) is 22.8 Å². The highest BCUT2D eigenvalue weighted by atomic mass is 16.5. The fourth-order valence-corrected chi connectivity index (χ4v) is 3.19. The van der Waals surface area contributed by atoms with Crippen molar-refractivity contribution in [1.29, 1.82) is 0 Å². The molecule has 31 heavy (non-hydrogen) atoms. The number of benzene rings is 2. The van der Waals surface area contributed by atoms with Gasteiger partial charge in [0.2, 0.25) is 0 Å².